The largest absolute Gasteiger partial charge is 0.497 e. The summed E-state index contributed by atoms with van der Waals surface area (Å²) < 4.78 is 11.7. The standard InChI is InChI=1S/C27H32Cl2N2O4/c1-18(32)35-27-10-9-21(30-25(33)14-19-7-8-23(28)24(29)13-19)16-26(27,11-12-31(2)17-27)20-5-4-6-22(15-20)34-3/h4-8,13,15,21H,9-12,14,16-17H2,1-3H3,(H,30,33)/t21-,26+,27+/m1/s1. The number of halogens is 2. The van der Waals surface area contributed by atoms with Crippen LogP contribution in [0.5, 0.6) is 5.75 Å². The first-order valence-electron chi connectivity index (χ1n) is 11.9. The van der Waals surface area contributed by atoms with Gasteiger partial charge in [0.25, 0.3) is 0 Å². The normalized spacial score (nSPS) is 26.5. The van der Waals surface area contributed by atoms with Gasteiger partial charge in [-0.15, -0.1) is 0 Å². The van der Waals surface area contributed by atoms with Crippen molar-refractivity contribution in [3.05, 3.63) is 63.6 Å². The molecule has 0 spiro atoms. The summed E-state index contributed by atoms with van der Waals surface area (Å²) in [4.78, 5) is 27.5. The smallest absolute Gasteiger partial charge is 0.303 e. The highest BCUT2D eigenvalue weighted by molar-refractivity contribution is 6.42. The van der Waals surface area contributed by atoms with Gasteiger partial charge in [-0.3, -0.25) is 9.59 Å². The minimum atomic E-state index is -0.677. The zero-order chi connectivity index (χ0) is 25.2. The molecular formula is C27H32Cl2N2O4. The third kappa shape index (κ3) is 5.30. The Morgan fingerprint density at radius 2 is 1.94 bits per heavy atom. The maximum Gasteiger partial charge on any atom is 0.303 e. The van der Waals surface area contributed by atoms with Crippen LogP contribution in [0.2, 0.25) is 10.0 Å². The maximum atomic E-state index is 13.0. The number of amides is 1. The number of piperidine rings is 1. The monoisotopic (exact) mass is 518 g/mol. The second kappa shape index (κ2) is 10.4. The molecular weight excluding hydrogens is 487 g/mol. The van der Waals surface area contributed by atoms with Crippen molar-refractivity contribution in [2.75, 3.05) is 27.2 Å². The van der Waals surface area contributed by atoms with Crippen LogP contribution in [-0.4, -0.2) is 55.7 Å². The van der Waals surface area contributed by atoms with Crippen LogP contribution in [0.1, 0.15) is 43.7 Å². The van der Waals surface area contributed by atoms with E-state index in [4.69, 9.17) is 32.7 Å². The Hall–Kier alpha value is -2.28. The van der Waals surface area contributed by atoms with Gasteiger partial charge in [0.05, 0.1) is 23.6 Å². The highest BCUT2D eigenvalue weighted by Gasteiger charge is 2.60. The molecule has 2 aromatic carbocycles. The quantitative estimate of drug-likeness (QED) is 0.556. The van der Waals surface area contributed by atoms with E-state index < -0.39 is 11.0 Å². The SMILES string of the molecule is COc1cccc([C@@]23CCN(C)C[C@@]2(OC(C)=O)CC[C@@H](NC(=O)Cc2ccc(Cl)c(Cl)c2)C3)c1. The van der Waals surface area contributed by atoms with Crippen LogP contribution in [0.25, 0.3) is 0 Å². The number of esters is 1. The minimum Gasteiger partial charge on any atom is -0.497 e. The van der Waals surface area contributed by atoms with E-state index in [1.807, 2.05) is 24.3 Å². The number of likely N-dealkylation sites (N-methyl/N-ethyl adjacent to an activating group) is 1. The molecule has 8 heteroatoms. The number of nitrogens with zero attached hydrogens (tertiary/aromatic N) is 1. The van der Waals surface area contributed by atoms with Crippen molar-refractivity contribution >= 4 is 35.1 Å². The number of ether oxygens (including phenoxy) is 2. The Bertz CT molecular complexity index is 1110. The summed E-state index contributed by atoms with van der Waals surface area (Å²) in [5.74, 6) is 0.412. The minimum absolute atomic E-state index is 0.0523. The van der Waals surface area contributed by atoms with Crippen molar-refractivity contribution in [1.82, 2.24) is 10.2 Å². The van der Waals surface area contributed by atoms with Crippen LogP contribution >= 0.6 is 23.2 Å². The van der Waals surface area contributed by atoms with Crippen LogP contribution in [0.4, 0.5) is 0 Å². The van der Waals surface area contributed by atoms with Gasteiger partial charge in [0.15, 0.2) is 0 Å². The van der Waals surface area contributed by atoms with E-state index in [2.05, 4.69) is 23.3 Å². The predicted octanol–water partition coefficient (Wildman–Crippen LogP) is 4.79. The first kappa shape index (κ1) is 25.8. The van der Waals surface area contributed by atoms with E-state index in [0.29, 0.717) is 29.4 Å². The van der Waals surface area contributed by atoms with Crippen LogP contribution in [0, 0.1) is 0 Å². The fourth-order valence-electron chi connectivity index (χ4n) is 5.95. The number of hydrogen-bond donors (Lipinski definition) is 1. The fourth-order valence-corrected chi connectivity index (χ4v) is 6.27. The molecule has 2 fully saturated rings. The van der Waals surface area contributed by atoms with Crippen LogP contribution < -0.4 is 10.1 Å². The molecule has 2 aliphatic rings. The van der Waals surface area contributed by atoms with Gasteiger partial charge >= 0.3 is 5.97 Å². The lowest BCUT2D eigenvalue weighted by molar-refractivity contribution is -0.185. The highest BCUT2D eigenvalue weighted by atomic mass is 35.5. The van der Waals surface area contributed by atoms with E-state index in [1.165, 1.54) is 6.92 Å². The molecule has 2 aromatic rings. The summed E-state index contributed by atoms with van der Waals surface area (Å²) >= 11 is 12.1. The van der Waals surface area contributed by atoms with E-state index in [-0.39, 0.29) is 24.3 Å². The molecule has 0 radical (unpaired) electrons. The van der Waals surface area contributed by atoms with Gasteiger partial charge in [0.1, 0.15) is 11.4 Å². The topological polar surface area (TPSA) is 67.9 Å². The first-order valence-corrected chi connectivity index (χ1v) is 12.7. The average molecular weight is 519 g/mol. The summed E-state index contributed by atoms with van der Waals surface area (Å²) in [6.45, 7) is 2.99. The summed E-state index contributed by atoms with van der Waals surface area (Å²) in [5, 5.41) is 4.14. The molecule has 1 aliphatic carbocycles. The van der Waals surface area contributed by atoms with Crippen molar-refractivity contribution in [2.45, 2.75) is 56.1 Å². The molecule has 1 saturated heterocycles. The maximum absolute atomic E-state index is 13.0. The van der Waals surface area contributed by atoms with Crippen LogP contribution in [0.15, 0.2) is 42.5 Å². The van der Waals surface area contributed by atoms with E-state index >= 15 is 0 Å². The zero-order valence-corrected chi connectivity index (χ0v) is 21.9. The van der Waals surface area contributed by atoms with Gasteiger partial charge in [-0.25, -0.2) is 0 Å². The van der Waals surface area contributed by atoms with E-state index in [1.54, 1.807) is 19.2 Å². The number of benzene rings is 2. The molecule has 0 aromatic heterocycles. The molecule has 4 rings (SSSR count). The number of rotatable bonds is 6. The molecule has 1 N–H and O–H groups in total. The van der Waals surface area contributed by atoms with Crippen molar-refractivity contribution in [3.63, 3.8) is 0 Å². The first-order chi connectivity index (χ1) is 16.7. The van der Waals surface area contributed by atoms with Crippen LogP contribution in [0.3, 0.4) is 0 Å². The Balaban J connectivity index is 1.63. The predicted molar refractivity (Wildman–Crippen MR) is 137 cm³/mol. The van der Waals surface area contributed by atoms with Gasteiger partial charge < -0.3 is 19.7 Å². The summed E-state index contributed by atoms with van der Waals surface area (Å²) in [6.07, 6.45) is 3.08. The van der Waals surface area contributed by atoms with Crippen molar-refractivity contribution in [3.8, 4) is 5.75 Å². The molecule has 1 aliphatic heterocycles. The molecule has 0 unspecified atom stereocenters. The van der Waals surface area contributed by atoms with Crippen LogP contribution in [-0.2, 0) is 26.2 Å². The Labute approximate surface area is 216 Å². The van der Waals surface area contributed by atoms with Gasteiger partial charge in [0, 0.05) is 24.9 Å². The molecule has 6 nitrogen and oxygen atoms in total. The molecule has 1 heterocycles. The molecule has 1 amide bonds. The van der Waals surface area contributed by atoms with Gasteiger partial charge in [0.2, 0.25) is 5.91 Å². The Morgan fingerprint density at radius 3 is 2.66 bits per heavy atom. The number of carbonyl (C=O) groups is 2. The second-order valence-electron chi connectivity index (χ2n) is 9.82. The lowest BCUT2D eigenvalue weighted by Gasteiger charge is -2.59. The zero-order valence-electron chi connectivity index (χ0n) is 20.4. The summed E-state index contributed by atoms with van der Waals surface area (Å²) in [7, 11) is 3.71. The number of likely N-dealkylation sites (tertiary alicyclic amines) is 1. The third-order valence-corrected chi connectivity index (χ3v) is 8.22. The molecule has 35 heavy (non-hydrogen) atoms. The van der Waals surface area contributed by atoms with E-state index in [0.717, 1.165) is 36.3 Å². The second-order valence-corrected chi connectivity index (χ2v) is 10.6. The number of carbonyl (C=O) groups excluding carboxylic acids is 2. The lowest BCUT2D eigenvalue weighted by atomic mass is 9.55. The number of hydrogen-bond acceptors (Lipinski definition) is 5. The number of methoxy groups -OCH3 is 1. The van der Waals surface area contributed by atoms with Gasteiger partial charge in [-0.05, 0) is 74.7 Å². The number of fused-ring (bicyclic) bond motifs is 1. The molecule has 0 bridgehead atoms. The Kier molecular flexibility index (Phi) is 7.65. The third-order valence-electron chi connectivity index (χ3n) is 7.48. The lowest BCUT2D eigenvalue weighted by Crippen LogP contribution is -2.68. The fraction of sp³-hybridized carbons (Fsp3) is 0.481. The molecule has 1 saturated carbocycles. The van der Waals surface area contributed by atoms with Gasteiger partial charge in [-0.1, -0.05) is 41.4 Å². The average Bonchev–Trinajstić information content (AvgIpc) is 2.81. The van der Waals surface area contributed by atoms with E-state index in [9.17, 15) is 9.59 Å². The van der Waals surface area contributed by atoms with Crippen molar-refractivity contribution in [2.24, 2.45) is 0 Å². The Morgan fingerprint density at radius 1 is 1.14 bits per heavy atom. The van der Waals surface area contributed by atoms with Crippen molar-refractivity contribution < 1.29 is 19.1 Å². The van der Waals surface area contributed by atoms with Crippen molar-refractivity contribution in [1.29, 1.82) is 0 Å². The molecule has 188 valence electrons. The number of nitrogens with one attached hydrogen (secondary N) is 1. The molecule has 3 atom stereocenters. The summed E-state index contributed by atoms with van der Waals surface area (Å²) in [6, 6.07) is 13.2. The summed E-state index contributed by atoms with van der Waals surface area (Å²) in [5.41, 5.74) is 0.765. The highest BCUT2D eigenvalue weighted by Crippen LogP contribution is 2.54. The van der Waals surface area contributed by atoms with Gasteiger partial charge in [-0.2, -0.15) is 0 Å².